The summed E-state index contributed by atoms with van der Waals surface area (Å²) in [5.41, 5.74) is -2.26. The van der Waals surface area contributed by atoms with E-state index < -0.39 is 22.5 Å². The number of carbonyl (C=O) groups excluding carboxylic acids is 2. The molecule has 4 N–H and O–H groups in total. The van der Waals surface area contributed by atoms with Gasteiger partial charge in [0.15, 0.2) is 11.6 Å². The number of aliphatic hydroxyl groups is 4. The average molecular weight is 535 g/mol. The summed E-state index contributed by atoms with van der Waals surface area (Å²) in [5.74, 6) is 0.208. The van der Waals surface area contributed by atoms with Crippen LogP contribution in [0.3, 0.4) is 0 Å². The Kier molecular flexibility index (Phi) is 18.1. The second-order valence-electron chi connectivity index (χ2n) is 13.7. The molecule has 1 unspecified atom stereocenters. The van der Waals surface area contributed by atoms with Gasteiger partial charge in [-0.25, -0.2) is 0 Å². The van der Waals surface area contributed by atoms with Crippen molar-refractivity contribution >= 4 is 11.6 Å². The van der Waals surface area contributed by atoms with E-state index in [1.807, 2.05) is 83.1 Å². The number of hydrogen-bond acceptors (Lipinski definition) is 6. The van der Waals surface area contributed by atoms with E-state index in [-0.39, 0.29) is 55.6 Å². The Labute approximate surface area is 230 Å². The molecule has 35 heavy (non-hydrogen) atoms. The topological polar surface area (TPSA) is 115 Å². The molecule has 0 saturated heterocycles. The van der Waals surface area contributed by atoms with E-state index in [4.69, 9.17) is 10.2 Å². The van der Waals surface area contributed by atoms with Gasteiger partial charge in [0.1, 0.15) is 11.5 Å². The quantitative estimate of drug-likeness (QED) is 0.181. The van der Waals surface area contributed by atoms with Gasteiger partial charge in [-0.15, -0.1) is 0 Å². The van der Waals surface area contributed by atoms with Crippen LogP contribution in [0.1, 0.15) is 110 Å². The number of allylic oxidation sites excluding steroid dienone is 4. The molecule has 0 rings (SSSR count). The standard InChI is InChI=1S/2C11H20O2.C6H14O2.Ti/c2*1-10(2,3)8(12)7-9(13)11(4,5)6;1-5(7)4-6(2,3)8;/h2*7,12H,1-6H3;5,7-8H,4H2,1-3H3;/b2*8-7-;;. The van der Waals surface area contributed by atoms with Crippen LogP contribution in [0.15, 0.2) is 23.7 Å². The molecule has 7 heteroatoms. The number of rotatable bonds is 4. The first-order valence-electron chi connectivity index (χ1n) is 11.8. The summed E-state index contributed by atoms with van der Waals surface area (Å²) in [5, 5.41) is 36.9. The molecular formula is C28H54O6Ti. The van der Waals surface area contributed by atoms with Gasteiger partial charge >= 0.3 is 0 Å². The van der Waals surface area contributed by atoms with Gasteiger partial charge in [0.25, 0.3) is 0 Å². The molecule has 0 aromatic heterocycles. The van der Waals surface area contributed by atoms with Crippen molar-refractivity contribution in [3.8, 4) is 0 Å². The maximum absolute atomic E-state index is 11.5. The van der Waals surface area contributed by atoms with E-state index in [1.165, 1.54) is 12.2 Å². The molecule has 1 atom stereocenters. The van der Waals surface area contributed by atoms with Crippen molar-refractivity contribution in [1.29, 1.82) is 0 Å². The third-order valence-electron chi connectivity index (χ3n) is 4.35. The molecule has 0 saturated carbocycles. The molecule has 0 aromatic rings. The Morgan fingerprint density at radius 1 is 0.629 bits per heavy atom. The van der Waals surface area contributed by atoms with Crippen LogP contribution < -0.4 is 0 Å². The van der Waals surface area contributed by atoms with Crippen LogP contribution in [0.25, 0.3) is 0 Å². The second-order valence-corrected chi connectivity index (χ2v) is 13.7. The summed E-state index contributed by atoms with van der Waals surface area (Å²) in [6, 6.07) is 0. The van der Waals surface area contributed by atoms with Gasteiger partial charge in [0.05, 0.1) is 11.7 Å². The zero-order valence-electron chi connectivity index (χ0n) is 25.0. The van der Waals surface area contributed by atoms with E-state index in [0.29, 0.717) is 6.42 Å². The molecule has 6 nitrogen and oxygen atoms in total. The van der Waals surface area contributed by atoms with E-state index in [2.05, 4.69) is 0 Å². The van der Waals surface area contributed by atoms with Crippen molar-refractivity contribution in [2.75, 3.05) is 0 Å². The predicted octanol–water partition coefficient (Wildman–Crippen LogP) is 6.70. The maximum Gasteiger partial charge on any atom is 0.164 e. The van der Waals surface area contributed by atoms with Crippen molar-refractivity contribution in [3.05, 3.63) is 23.7 Å². The van der Waals surface area contributed by atoms with Crippen LogP contribution in [0.2, 0.25) is 0 Å². The minimum absolute atomic E-state index is 0. The van der Waals surface area contributed by atoms with Crippen LogP contribution in [0.5, 0.6) is 0 Å². The molecule has 0 fully saturated rings. The van der Waals surface area contributed by atoms with Gasteiger partial charge in [-0.2, -0.15) is 0 Å². The van der Waals surface area contributed by atoms with Gasteiger partial charge in [-0.05, 0) is 20.8 Å². The van der Waals surface area contributed by atoms with Crippen molar-refractivity contribution in [1.82, 2.24) is 0 Å². The molecule has 0 heterocycles. The minimum atomic E-state index is -0.728. The number of ketones is 2. The molecule has 0 aliphatic carbocycles. The van der Waals surface area contributed by atoms with Crippen LogP contribution in [-0.4, -0.2) is 43.7 Å². The largest absolute Gasteiger partial charge is 0.512 e. The maximum atomic E-state index is 11.5. The fourth-order valence-corrected chi connectivity index (χ4v) is 1.84. The molecule has 0 amide bonds. The Hall–Kier alpha value is -0.946. The van der Waals surface area contributed by atoms with Gasteiger partial charge in [0.2, 0.25) is 0 Å². The first kappa shape index (κ1) is 41.2. The molecule has 0 spiro atoms. The molecular weight excluding hydrogens is 480 g/mol. The van der Waals surface area contributed by atoms with Crippen molar-refractivity contribution in [3.63, 3.8) is 0 Å². The number of carbonyl (C=O) groups is 2. The van der Waals surface area contributed by atoms with Crippen LogP contribution in [0, 0.1) is 21.7 Å². The normalized spacial score (nSPS) is 14.4. The summed E-state index contributed by atoms with van der Waals surface area (Å²) in [4.78, 5) is 23.0. The van der Waals surface area contributed by atoms with E-state index in [1.54, 1.807) is 20.8 Å². The summed E-state index contributed by atoms with van der Waals surface area (Å²) in [7, 11) is 0. The van der Waals surface area contributed by atoms with Gasteiger partial charge in [0, 0.05) is 62.0 Å². The van der Waals surface area contributed by atoms with Gasteiger partial charge in [-0.1, -0.05) is 83.1 Å². The smallest absolute Gasteiger partial charge is 0.164 e. The Morgan fingerprint density at radius 3 is 0.943 bits per heavy atom. The third kappa shape index (κ3) is 24.5. The summed E-state index contributed by atoms with van der Waals surface area (Å²) in [6.45, 7) is 27.3. The summed E-state index contributed by atoms with van der Waals surface area (Å²) in [6.07, 6.45) is 2.70. The zero-order valence-corrected chi connectivity index (χ0v) is 26.6. The van der Waals surface area contributed by atoms with Gasteiger partial charge < -0.3 is 20.4 Å². The minimum Gasteiger partial charge on any atom is -0.512 e. The van der Waals surface area contributed by atoms with Gasteiger partial charge in [-0.3, -0.25) is 9.59 Å². The molecule has 206 valence electrons. The van der Waals surface area contributed by atoms with Crippen LogP contribution in [-0.2, 0) is 31.3 Å². The Morgan fingerprint density at radius 2 is 0.857 bits per heavy atom. The zero-order chi connectivity index (χ0) is 28.5. The van der Waals surface area contributed by atoms with Crippen molar-refractivity contribution < 1.29 is 51.7 Å². The molecule has 0 radical (unpaired) electrons. The fraction of sp³-hybridized carbons (Fsp3) is 0.786. The summed E-state index contributed by atoms with van der Waals surface area (Å²) < 4.78 is 0. The van der Waals surface area contributed by atoms with Crippen molar-refractivity contribution in [2.45, 2.75) is 122 Å². The molecule has 0 aliphatic heterocycles. The summed E-state index contributed by atoms with van der Waals surface area (Å²) >= 11 is 0. The first-order valence-corrected chi connectivity index (χ1v) is 11.8. The third-order valence-corrected chi connectivity index (χ3v) is 4.35. The SMILES string of the molecule is CC(C)(C)C(=O)/C=C(\O)C(C)(C)C.CC(C)(C)C(=O)/C=C(\O)C(C)(C)C.CC(O)CC(C)(C)O.[Ti]. The van der Waals surface area contributed by atoms with E-state index in [9.17, 15) is 19.8 Å². The Balaban J connectivity index is -0.000000209. The first-order chi connectivity index (χ1) is 14.5. The average Bonchev–Trinajstić information content (AvgIpc) is 2.49. The number of aliphatic hydroxyl groups excluding tert-OH is 3. The van der Waals surface area contributed by atoms with Crippen LogP contribution in [0.4, 0.5) is 0 Å². The van der Waals surface area contributed by atoms with Crippen LogP contribution >= 0.6 is 0 Å². The van der Waals surface area contributed by atoms with E-state index in [0.717, 1.165) is 0 Å². The molecule has 0 aliphatic rings. The predicted molar refractivity (Wildman–Crippen MR) is 142 cm³/mol. The number of hydrogen-bond donors (Lipinski definition) is 4. The Bertz CT molecular complexity index is 646. The fourth-order valence-electron chi connectivity index (χ4n) is 1.84. The molecule has 0 aromatic carbocycles. The van der Waals surface area contributed by atoms with E-state index >= 15 is 0 Å². The molecule has 0 bridgehead atoms. The van der Waals surface area contributed by atoms with Crippen molar-refractivity contribution in [2.24, 2.45) is 21.7 Å². The second kappa shape index (κ2) is 15.3. The monoisotopic (exact) mass is 534 g/mol.